The predicted octanol–water partition coefficient (Wildman–Crippen LogP) is 3.81. The highest BCUT2D eigenvalue weighted by Gasteiger charge is 2.01. The molecule has 3 N–H and O–H groups in total. The van der Waals surface area contributed by atoms with E-state index in [0.717, 1.165) is 15.7 Å². The lowest BCUT2D eigenvalue weighted by molar-refractivity contribution is 0.100. The second-order valence-electron chi connectivity index (χ2n) is 4.04. The third-order valence-corrected chi connectivity index (χ3v) is 3.86. The molecular weight excluding hydrogens is 328 g/mol. The summed E-state index contributed by atoms with van der Waals surface area (Å²) >= 11 is 9.32. The molecule has 0 aliphatic carbocycles. The van der Waals surface area contributed by atoms with Gasteiger partial charge in [0, 0.05) is 22.3 Å². The number of hydrogen-bond donors (Lipinski definition) is 2. The number of carbonyl (C=O) groups is 1. The Labute approximate surface area is 124 Å². The summed E-state index contributed by atoms with van der Waals surface area (Å²) in [6.07, 6.45) is 0. The van der Waals surface area contributed by atoms with E-state index in [-0.39, 0.29) is 0 Å². The maximum Gasteiger partial charge on any atom is 0.248 e. The molecule has 0 heterocycles. The van der Waals surface area contributed by atoms with Crippen LogP contribution in [-0.2, 0) is 6.54 Å². The van der Waals surface area contributed by atoms with Gasteiger partial charge in [-0.2, -0.15) is 0 Å². The fourth-order valence-corrected chi connectivity index (χ4v) is 2.15. The second-order valence-corrected chi connectivity index (χ2v) is 5.31. The monoisotopic (exact) mass is 338 g/mol. The molecule has 0 spiro atoms. The number of nitrogens with one attached hydrogen (secondary N) is 1. The van der Waals surface area contributed by atoms with Gasteiger partial charge in [0.05, 0.1) is 5.02 Å². The molecule has 0 aliphatic rings. The van der Waals surface area contributed by atoms with Crippen molar-refractivity contribution in [3.05, 3.63) is 63.1 Å². The largest absolute Gasteiger partial charge is 0.381 e. The number of halogens is 2. The van der Waals surface area contributed by atoms with Crippen LogP contribution in [0.1, 0.15) is 15.9 Å². The second kappa shape index (κ2) is 6.08. The zero-order valence-electron chi connectivity index (χ0n) is 9.99. The fourth-order valence-electron chi connectivity index (χ4n) is 1.61. The van der Waals surface area contributed by atoms with E-state index in [0.29, 0.717) is 17.1 Å². The molecule has 3 nitrogen and oxygen atoms in total. The van der Waals surface area contributed by atoms with Crippen LogP contribution in [0.5, 0.6) is 0 Å². The Kier molecular flexibility index (Phi) is 4.45. The minimum Gasteiger partial charge on any atom is -0.381 e. The number of rotatable bonds is 4. The molecule has 0 saturated carbocycles. The van der Waals surface area contributed by atoms with Gasteiger partial charge < -0.3 is 11.1 Å². The number of primary amides is 1. The van der Waals surface area contributed by atoms with Crippen LogP contribution in [0.15, 0.2) is 46.9 Å². The van der Waals surface area contributed by atoms with Crippen LogP contribution in [0.25, 0.3) is 0 Å². The average molecular weight is 340 g/mol. The van der Waals surface area contributed by atoms with Crippen LogP contribution >= 0.6 is 27.5 Å². The smallest absolute Gasteiger partial charge is 0.248 e. The summed E-state index contributed by atoms with van der Waals surface area (Å²) in [5, 5.41) is 3.95. The van der Waals surface area contributed by atoms with E-state index in [2.05, 4.69) is 21.2 Å². The number of benzene rings is 2. The summed E-state index contributed by atoms with van der Waals surface area (Å²) in [4.78, 5) is 10.9. The quantitative estimate of drug-likeness (QED) is 0.890. The van der Waals surface area contributed by atoms with Crippen molar-refractivity contribution in [1.29, 1.82) is 0 Å². The molecule has 0 saturated heterocycles. The summed E-state index contributed by atoms with van der Waals surface area (Å²) in [7, 11) is 0. The zero-order chi connectivity index (χ0) is 13.8. The van der Waals surface area contributed by atoms with Gasteiger partial charge in [-0.3, -0.25) is 4.79 Å². The Morgan fingerprint density at radius 1 is 1.21 bits per heavy atom. The minimum atomic E-state index is -0.423. The first kappa shape index (κ1) is 13.9. The predicted molar refractivity (Wildman–Crippen MR) is 81.4 cm³/mol. The topological polar surface area (TPSA) is 55.1 Å². The normalized spacial score (nSPS) is 10.2. The third kappa shape index (κ3) is 3.72. The van der Waals surface area contributed by atoms with Crippen molar-refractivity contribution in [2.45, 2.75) is 6.54 Å². The first-order chi connectivity index (χ1) is 9.06. The Balaban J connectivity index is 2.01. The van der Waals surface area contributed by atoms with Gasteiger partial charge in [-0.25, -0.2) is 0 Å². The highest BCUT2D eigenvalue weighted by Crippen LogP contribution is 2.23. The molecule has 2 aromatic rings. The molecule has 2 aromatic carbocycles. The van der Waals surface area contributed by atoms with Crippen molar-refractivity contribution in [1.82, 2.24) is 0 Å². The molecule has 0 aliphatic heterocycles. The molecule has 2 rings (SSSR count). The molecule has 0 fully saturated rings. The lowest BCUT2D eigenvalue weighted by Gasteiger charge is -2.08. The van der Waals surface area contributed by atoms with Gasteiger partial charge in [0.1, 0.15) is 0 Å². The first-order valence-corrected chi connectivity index (χ1v) is 6.81. The summed E-state index contributed by atoms with van der Waals surface area (Å²) in [5.41, 5.74) is 7.72. The van der Waals surface area contributed by atoms with E-state index in [4.69, 9.17) is 17.3 Å². The van der Waals surface area contributed by atoms with E-state index in [1.807, 2.05) is 30.3 Å². The van der Waals surface area contributed by atoms with Crippen LogP contribution < -0.4 is 11.1 Å². The van der Waals surface area contributed by atoms with Gasteiger partial charge in [0.15, 0.2) is 0 Å². The number of anilines is 1. The Bertz CT molecular complexity index is 599. The molecule has 0 radical (unpaired) electrons. The number of nitrogens with two attached hydrogens (primary N) is 1. The zero-order valence-corrected chi connectivity index (χ0v) is 12.3. The van der Waals surface area contributed by atoms with Gasteiger partial charge in [-0.15, -0.1) is 0 Å². The standard InChI is InChI=1S/C14H12BrClN2O/c15-12-7-9(1-6-13(12)16)8-18-11-4-2-10(3-5-11)14(17)19/h1-7,18H,8H2,(H2,17,19). The molecular formula is C14H12BrClN2O. The van der Waals surface area contributed by atoms with E-state index < -0.39 is 5.91 Å². The number of hydrogen-bond acceptors (Lipinski definition) is 2. The first-order valence-electron chi connectivity index (χ1n) is 5.64. The molecule has 0 atom stereocenters. The lowest BCUT2D eigenvalue weighted by atomic mass is 10.2. The molecule has 0 unspecified atom stereocenters. The minimum absolute atomic E-state index is 0.423. The summed E-state index contributed by atoms with van der Waals surface area (Å²) < 4.78 is 0.873. The Hall–Kier alpha value is -1.52. The summed E-state index contributed by atoms with van der Waals surface area (Å²) in [6, 6.07) is 12.8. The van der Waals surface area contributed by atoms with Crippen molar-refractivity contribution in [3.8, 4) is 0 Å². The molecule has 1 amide bonds. The fraction of sp³-hybridized carbons (Fsp3) is 0.0714. The molecule has 0 bridgehead atoms. The van der Waals surface area contributed by atoms with Crippen molar-refractivity contribution >= 4 is 39.1 Å². The van der Waals surface area contributed by atoms with Crippen molar-refractivity contribution in [2.75, 3.05) is 5.32 Å². The molecule has 19 heavy (non-hydrogen) atoms. The Morgan fingerprint density at radius 2 is 1.89 bits per heavy atom. The van der Waals surface area contributed by atoms with Gasteiger partial charge in [-0.1, -0.05) is 17.7 Å². The van der Waals surface area contributed by atoms with Crippen LogP contribution in [0, 0.1) is 0 Å². The summed E-state index contributed by atoms with van der Waals surface area (Å²) in [6.45, 7) is 0.672. The van der Waals surface area contributed by atoms with Crippen molar-refractivity contribution in [3.63, 3.8) is 0 Å². The summed E-state index contributed by atoms with van der Waals surface area (Å²) in [5.74, 6) is -0.423. The molecule has 0 aromatic heterocycles. The number of carbonyl (C=O) groups excluding carboxylic acids is 1. The maximum absolute atomic E-state index is 10.9. The van der Waals surface area contributed by atoms with E-state index >= 15 is 0 Å². The van der Waals surface area contributed by atoms with Gasteiger partial charge >= 0.3 is 0 Å². The van der Waals surface area contributed by atoms with Crippen LogP contribution in [0.2, 0.25) is 5.02 Å². The van der Waals surface area contributed by atoms with Gasteiger partial charge in [0.25, 0.3) is 0 Å². The highest BCUT2D eigenvalue weighted by atomic mass is 79.9. The molecule has 98 valence electrons. The van der Waals surface area contributed by atoms with Gasteiger partial charge in [0.2, 0.25) is 5.91 Å². The third-order valence-electron chi connectivity index (χ3n) is 2.65. The van der Waals surface area contributed by atoms with Crippen molar-refractivity contribution < 1.29 is 4.79 Å². The number of amides is 1. The Morgan fingerprint density at radius 3 is 2.47 bits per heavy atom. The van der Waals surface area contributed by atoms with E-state index in [1.54, 1.807) is 12.1 Å². The SMILES string of the molecule is NC(=O)c1ccc(NCc2ccc(Cl)c(Br)c2)cc1. The van der Waals surface area contributed by atoms with Crippen LogP contribution in [0.3, 0.4) is 0 Å². The lowest BCUT2D eigenvalue weighted by Crippen LogP contribution is -2.10. The maximum atomic E-state index is 10.9. The highest BCUT2D eigenvalue weighted by molar-refractivity contribution is 9.10. The van der Waals surface area contributed by atoms with Crippen molar-refractivity contribution in [2.24, 2.45) is 5.73 Å². The average Bonchev–Trinajstić information content (AvgIpc) is 2.40. The van der Waals surface area contributed by atoms with Crippen LogP contribution in [-0.4, -0.2) is 5.91 Å². The van der Waals surface area contributed by atoms with E-state index in [9.17, 15) is 4.79 Å². The van der Waals surface area contributed by atoms with Gasteiger partial charge in [-0.05, 0) is 57.9 Å². The van der Waals surface area contributed by atoms with E-state index in [1.165, 1.54) is 0 Å². The molecule has 5 heteroatoms. The van der Waals surface area contributed by atoms with Crippen LogP contribution in [0.4, 0.5) is 5.69 Å².